The van der Waals surface area contributed by atoms with E-state index in [2.05, 4.69) is 16.0 Å². The molecule has 42 heavy (non-hydrogen) atoms. The van der Waals surface area contributed by atoms with Gasteiger partial charge in [0.05, 0.1) is 10.7 Å². The van der Waals surface area contributed by atoms with Crippen molar-refractivity contribution in [2.24, 2.45) is 0 Å². The molecule has 4 rings (SSSR count). The average Bonchev–Trinajstić information content (AvgIpc) is 2.99. The van der Waals surface area contributed by atoms with E-state index in [1.165, 1.54) is 42.1 Å². The van der Waals surface area contributed by atoms with Crippen molar-refractivity contribution >= 4 is 52.6 Å². The summed E-state index contributed by atoms with van der Waals surface area (Å²) in [4.78, 5) is 49.9. The third kappa shape index (κ3) is 8.15. The number of carbonyl (C=O) groups excluding carboxylic acids is 3. The van der Waals surface area contributed by atoms with Crippen LogP contribution in [0.1, 0.15) is 27.0 Å². The molecule has 0 aliphatic carbocycles. The number of thioether (sulfide) groups is 1. The molecule has 10 heteroatoms. The maximum Gasteiger partial charge on any atom is 0.272 e. The van der Waals surface area contributed by atoms with Crippen molar-refractivity contribution in [2.45, 2.75) is 18.7 Å². The van der Waals surface area contributed by atoms with Gasteiger partial charge in [-0.2, -0.15) is 0 Å². The van der Waals surface area contributed by atoms with E-state index in [-0.39, 0.29) is 23.0 Å². The lowest BCUT2D eigenvalue weighted by molar-refractivity contribution is -0.384. The molecule has 0 bridgehead atoms. The highest BCUT2D eigenvalue weighted by Gasteiger charge is 2.16. The maximum atomic E-state index is 13.2. The topological polar surface area (TPSA) is 130 Å². The molecular formula is C32H28N4O5S. The first-order chi connectivity index (χ1) is 20.2. The Kier molecular flexibility index (Phi) is 9.85. The van der Waals surface area contributed by atoms with Crippen LogP contribution in [0.2, 0.25) is 0 Å². The molecule has 0 aliphatic rings. The smallest absolute Gasteiger partial charge is 0.272 e. The Bertz CT molecular complexity index is 1620. The summed E-state index contributed by atoms with van der Waals surface area (Å²) in [5, 5.41) is 19.4. The van der Waals surface area contributed by atoms with E-state index in [0.29, 0.717) is 16.8 Å². The van der Waals surface area contributed by atoms with Crippen LogP contribution in [0.15, 0.2) is 108 Å². The van der Waals surface area contributed by atoms with E-state index in [1.807, 2.05) is 32.0 Å². The van der Waals surface area contributed by atoms with Gasteiger partial charge in [-0.1, -0.05) is 36.4 Å². The summed E-state index contributed by atoms with van der Waals surface area (Å²) >= 11 is 1.36. The molecule has 0 spiro atoms. The van der Waals surface area contributed by atoms with Crippen molar-refractivity contribution in [1.82, 2.24) is 5.32 Å². The standard InChI is InChI=1S/C32H28N4O5S/c1-21-7-6-8-22(2)30(21)35-29(37)20-42-27-17-13-25(14-18-27)33-32(39)28(34-31(38)24-9-4-3-5-10-24)19-23-11-15-26(16-12-23)36(40)41/h3-19H,20H2,1-2H3,(H,33,39)(H,34,38)(H,35,37)/b28-19-. The van der Waals surface area contributed by atoms with Gasteiger partial charge >= 0.3 is 0 Å². The lowest BCUT2D eigenvalue weighted by Gasteiger charge is -2.12. The van der Waals surface area contributed by atoms with Crippen LogP contribution in [-0.4, -0.2) is 28.4 Å². The molecule has 0 radical (unpaired) electrons. The van der Waals surface area contributed by atoms with E-state index in [4.69, 9.17) is 0 Å². The van der Waals surface area contributed by atoms with E-state index < -0.39 is 16.7 Å². The van der Waals surface area contributed by atoms with Crippen LogP contribution in [0.4, 0.5) is 17.1 Å². The summed E-state index contributed by atoms with van der Waals surface area (Å²) in [7, 11) is 0. The summed E-state index contributed by atoms with van der Waals surface area (Å²) < 4.78 is 0. The fourth-order valence-corrected chi connectivity index (χ4v) is 4.67. The molecule has 0 atom stereocenters. The van der Waals surface area contributed by atoms with Gasteiger partial charge in [-0.25, -0.2) is 0 Å². The van der Waals surface area contributed by atoms with Crippen LogP contribution in [0, 0.1) is 24.0 Å². The minimum absolute atomic E-state index is 0.0423. The molecule has 3 N–H and O–H groups in total. The van der Waals surface area contributed by atoms with E-state index >= 15 is 0 Å². The zero-order chi connectivity index (χ0) is 30.1. The third-order valence-corrected chi connectivity index (χ3v) is 7.18. The number of benzene rings is 4. The van der Waals surface area contributed by atoms with Gasteiger partial charge in [0.2, 0.25) is 5.91 Å². The number of nitrogens with zero attached hydrogens (tertiary/aromatic N) is 1. The van der Waals surface area contributed by atoms with Gasteiger partial charge in [-0.05, 0) is 85.1 Å². The number of nitro groups is 1. The second-order valence-corrected chi connectivity index (χ2v) is 10.4. The number of aryl methyl sites for hydroxylation is 2. The number of amides is 3. The lowest BCUT2D eigenvalue weighted by Crippen LogP contribution is -2.30. The second kappa shape index (κ2) is 13.9. The van der Waals surface area contributed by atoms with Crippen LogP contribution in [0.3, 0.4) is 0 Å². The van der Waals surface area contributed by atoms with Crippen molar-refractivity contribution in [1.29, 1.82) is 0 Å². The second-order valence-electron chi connectivity index (χ2n) is 9.31. The Labute approximate surface area is 247 Å². The Morgan fingerprint density at radius 3 is 2.07 bits per heavy atom. The van der Waals surface area contributed by atoms with Gasteiger partial charge in [-0.3, -0.25) is 24.5 Å². The number of non-ortho nitro benzene ring substituents is 1. The number of nitro benzene ring substituents is 1. The van der Waals surface area contributed by atoms with Crippen LogP contribution in [-0.2, 0) is 9.59 Å². The number of carbonyl (C=O) groups is 3. The monoisotopic (exact) mass is 580 g/mol. The predicted molar refractivity (Wildman–Crippen MR) is 165 cm³/mol. The van der Waals surface area contributed by atoms with E-state index in [9.17, 15) is 24.5 Å². The van der Waals surface area contributed by atoms with Crippen molar-refractivity contribution in [3.05, 3.63) is 135 Å². The molecular weight excluding hydrogens is 552 g/mol. The first kappa shape index (κ1) is 29.8. The summed E-state index contributed by atoms with van der Waals surface area (Å²) in [6.45, 7) is 3.89. The Hall–Kier alpha value is -5.22. The SMILES string of the molecule is Cc1cccc(C)c1NC(=O)CSc1ccc(NC(=O)/C(=C/c2ccc([N+](=O)[O-])cc2)NC(=O)c2ccccc2)cc1. The zero-order valence-corrected chi connectivity index (χ0v) is 23.7. The van der Waals surface area contributed by atoms with Gasteiger partial charge < -0.3 is 16.0 Å². The molecule has 0 heterocycles. The number of hydrogen-bond acceptors (Lipinski definition) is 6. The largest absolute Gasteiger partial charge is 0.325 e. The first-order valence-electron chi connectivity index (χ1n) is 12.9. The minimum atomic E-state index is -0.578. The molecule has 212 valence electrons. The van der Waals surface area contributed by atoms with Crippen LogP contribution >= 0.6 is 11.8 Å². The summed E-state index contributed by atoms with van der Waals surface area (Å²) in [5.41, 5.74) is 4.01. The highest BCUT2D eigenvalue weighted by molar-refractivity contribution is 8.00. The Morgan fingerprint density at radius 1 is 0.810 bits per heavy atom. The number of nitrogens with one attached hydrogen (secondary N) is 3. The quantitative estimate of drug-likeness (QED) is 0.0867. The van der Waals surface area contributed by atoms with Crippen LogP contribution < -0.4 is 16.0 Å². The predicted octanol–water partition coefficient (Wildman–Crippen LogP) is 6.35. The fraction of sp³-hybridized carbons (Fsp3) is 0.0938. The molecule has 0 saturated heterocycles. The maximum absolute atomic E-state index is 13.2. The highest BCUT2D eigenvalue weighted by atomic mass is 32.2. The Morgan fingerprint density at radius 2 is 1.45 bits per heavy atom. The first-order valence-corrected chi connectivity index (χ1v) is 13.9. The Balaban J connectivity index is 1.43. The van der Waals surface area contributed by atoms with Gasteiger partial charge in [0.1, 0.15) is 5.70 Å². The van der Waals surface area contributed by atoms with Crippen LogP contribution in [0.25, 0.3) is 6.08 Å². The summed E-state index contributed by atoms with van der Waals surface area (Å²) in [6.07, 6.45) is 1.44. The lowest BCUT2D eigenvalue weighted by atomic mass is 10.1. The fourth-order valence-electron chi connectivity index (χ4n) is 3.97. The van der Waals surface area contributed by atoms with Gasteiger partial charge in [0, 0.05) is 34.0 Å². The van der Waals surface area contributed by atoms with Crippen LogP contribution in [0.5, 0.6) is 0 Å². The highest BCUT2D eigenvalue weighted by Crippen LogP contribution is 2.23. The van der Waals surface area contributed by atoms with Crippen molar-refractivity contribution in [3.8, 4) is 0 Å². The average molecular weight is 581 g/mol. The molecule has 0 aromatic heterocycles. The number of anilines is 2. The van der Waals surface area contributed by atoms with Gasteiger partial charge in [0.15, 0.2) is 0 Å². The third-order valence-electron chi connectivity index (χ3n) is 6.17. The normalized spacial score (nSPS) is 11.0. The molecule has 3 amide bonds. The summed E-state index contributed by atoms with van der Waals surface area (Å²) in [6, 6.07) is 26.9. The summed E-state index contributed by atoms with van der Waals surface area (Å²) in [5.74, 6) is -0.964. The number of para-hydroxylation sites is 1. The minimum Gasteiger partial charge on any atom is -0.325 e. The number of rotatable bonds is 10. The molecule has 4 aromatic carbocycles. The molecule has 4 aromatic rings. The van der Waals surface area contributed by atoms with E-state index in [0.717, 1.165) is 21.7 Å². The number of hydrogen-bond donors (Lipinski definition) is 3. The van der Waals surface area contributed by atoms with Gasteiger partial charge in [0.25, 0.3) is 17.5 Å². The molecule has 0 saturated carbocycles. The van der Waals surface area contributed by atoms with E-state index in [1.54, 1.807) is 54.6 Å². The van der Waals surface area contributed by atoms with Crippen molar-refractivity contribution in [2.75, 3.05) is 16.4 Å². The van der Waals surface area contributed by atoms with Crippen molar-refractivity contribution in [3.63, 3.8) is 0 Å². The zero-order valence-electron chi connectivity index (χ0n) is 22.9. The van der Waals surface area contributed by atoms with Gasteiger partial charge in [-0.15, -0.1) is 11.8 Å². The molecule has 0 unspecified atom stereocenters. The molecule has 9 nitrogen and oxygen atoms in total. The van der Waals surface area contributed by atoms with Crippen molar-refractivity contribution < 1.29 is 19.3 Å². The molecule has 0 fully saturated rings. The molecule has 0 aliphatic heterocycles.